The molecule has 0 spiro atoms. The van der Waals surface area contributed by atoms with E-state index in [9.17, 15) is 4.79 Å². The van der Waals surface area contributed by atoms with Crippen LogP contribution in [0, 0.1) is 5.41 Å². The second-order valence-corrected chi connectivity index (χ2v) is 7.01. The average Bonchev–Trinajstić information content (AvgIpc) is 2.82. The zero-order chi connectivity index (χ0) is 12.0. The molecule has 2 aromatic rings. The maximum absolute atomic E-state index is 12.1. The summed E-state index contributed by atoms with van der Waals surface area (Å²) < 4.78 is 0. The summed E-state index contributed by atoms with van der Waals surface area (Å²) in [5.41, 5.74) is 2.22. The van der Waals surface area contributed by atoms with Gasteiger partial charge in [0.25, 0.3) is 0 Å². The van der Waals surface area contributed by atoms with E-state index in [1.807, 2.05) is 17.0 Å². The number of thiazole rings is 1. The Bertz CT molecular complexity index is 566. The number of carbonyl (C=O) groups excluding carboxylic acids is 1. The van der Waals surface area contributed by atoms with Crippen molar-refractivity contribution in [2.45, 2.75) is 26.7 Å². The molecule has 2 aromatic heterocycles. The smallest absolute Gasteiger partial charge is 0.164 e. The largest absolute Gasteiger partial charge is 0.294 e. The van der Waals surface area contributed by atoms with Gasteiger partial charge >= 0.3 is 0 Å². The number of aromatic nitrogens is 1. The maximum atomic E-state index is 12.1. The maximum Gasteiger partial charge on any atom is 0.164 e. The minimum absolute atomic E-state index is 0.0805. The van der Waals surface area contributed by atoms with Crippen molar-refractivity contribution < 1.29 is 4.79 Å². The Labute approximate surface area is 108 Å². The molecule has 0 fully saturated rings. The van der Waals surface area contributed by atoms with Gasteiger partial charge in [0.1, 0.15) is 5.01 Å². The quantitative estimate of drug-likeness (QED) is 0.777. The number of nitrogens with zero attached hydrogens (tertiary/aromatic N) is 1. The fourth-order valence-electron chi connectivity index (χ4n) is 2.38. The molecule has 3 rings (SSSR count). The minimum Gasteiger partial charge on any atom is -0.294 e. The van der Waals surface area contributed by atoms with Crippen LogP contribution in [0.5, 0.6) is 0 Å². The minimum atomic E-state index is 0.0805. The molecule has 0 atom stereocenters. The lowest BCUT2D eigenvalue weighted by Gasteiger charge is -2.28. The first-order valence-corrected chi connectivity index (χ1v) is 7.36. The topological polar surface area (TPSA) is 30.0 Å². The van der Waals surface area contributed by atoms with E-state index in [1.165, 1.54) is 10.4 Å². The number of Topliss-reactive ketones (excluding diaryl/α,β-unsaturated/α-hetero) is 1. The molecule has 2 nitrogen and oxygen atoms in total. The van der Waals surface area contributed by atoms with Gasteiger partial charge in [-0.1, -0.05) is 13.8 Å². The van der Waals surface area contributed by atoms with Crippen molar-refractivity contribution in [1.29, 1.82) is 0 Å². The van der Waals surface area contributed by atoms with Gasteiger partial charge in [0.15, 0.2) is 5.78 Å². The van der Waals surface area contributed by atoms with Crippen LogP contribution < -0.4 is 0 Å². The molecule has 1 aliphatic rings. The second-order valence-electron chi connectivity index (χ2n) is 5.24. The highest BCUT2D eigenvalue weighted by Crippen LogP contribution is 2.43. The molecule has 0 aliphatic heterocycles. The van der Waals surface area contributed by atoms with Crippen LogP contribution in [0.15, 0.2) is 17.0 Å². The van der Waals surface area contributed by atoms with E-state index in [-0.39, 0.29) is 11.2 Å². The van der Waals surface area contributed by atoms with Crippen molar-refractivity contribution in [3.63, 3.8) is 0 Å². The Kier molecular flexibility index (Phi) is 2.45. The van der Waals surface area contributed by atoms with E-state index in [1.54, 1.807) is 22.7 Å². The molecule has 0 amide bonds. The van der Waals surface area contributed by atoms with Gasteiger partial charge in [-0.15, -0.1) is 22.7 Å². The highest BCUT2D eigenvalue weighted by atomic mass is 32.1. The normalized spacial score (nSPS) is 18.1. The zero-order valence-corrected chi connectivity index (χ0v) is 11.5. The first-order chi connectivity index (χ1) is 8.07. The molecule has 0 saturated heterocycles. The van der Waals surface area contributed by atoms with Gasteiger partial charge in [-0.25, -0.2) is 4.98 Å². The first kappa shape index (κ1) is 11.1. The predicted octanol–water partition coefficient (Wildman–Crippen LogP) is 4.03. The van der Waals surface area contributed by atoms with Crippen LogP contribution in [0.25, 0.3) is 9.88 Å². The molecule has 0 N–H and O–H groups in total. The van der Waals surface area contributed by atoms with Crippen molar-refractivity contribution in [2.75, 3.05) is 0 Å². The monoisotopic (exact) mass is 263 g/mol. The molecule has 17 heavy (non-hydrogen) atoms. The van der Waals surface area contributed by atoms with Crippen molar-refractivity contribution in [1.82, 2.24) is 4.98 Å². The van der Waals surface area contributed by atoms with E-state index in [0.717, 1.165) is 17.0 Å². The summed E-state index contributed by atoms with van der Waals surface area (Å²) in [7, 11) is 0. The van der Waals surface area contributed by atoms with Crippen LogP contribution in [0.1, 0.15) is 36.2 Å². The predicted molar refractivity (Wildman–Crippen MR) is 71.9 cm³/mol. The lowest BCUT2D eigenvalue weighted by molar-refractivity contribution is 0.0913. The first-order valence-electron chi connectivity index (χ1n) is 5.60. The summed E-state index contributed by atoms with van der Waals surface area (Å²) in [6.45, 7) is 4.33. The number of ketones is 1. The number of rotatable bonds is 1. The van der Waals surface area contributed by atoms with E-state index < -0.39 is 0 Å². The lowest BCUT2D eigenvalue weighted by Crippen LogP contribution is -2.26. The third kappa shape index (κ3) is 1.85. The van der Waals surface area contributed by atoms with E-state index >= 15 is 0 Å². The number of carbonyl (C=O) groups is 1. The van der Waals surface area contributed by atoms with E-state index in [2.05, 4.69) is 18.8 Å². The highest BCUT2D eigenvalue weighted by molar-refractivity contribution is 7.20. The Balaban J connectivity index is 2.14. The molecule has 0 radical (unpaired) electrons. The van der Waals surface area contributed by atoms with Crippen LogP contribution in [0.2, 0.25) is 0 Å². The van der Waals surface area contributed by atoms with Gasteiger partial charge in [0.2, 0.25) is 0 Å². The Morgan fingerprint density at radius 1 is 1.29 bits per heavy atom. The Hall–Kier alpha value is -1.00. The van der Waals surface area contributed by atoms with Crippen LogP contribution >= 0.6 is 22.7 Å². The molecular weight excluding hydrogens is 250 g/mol. The van der Waals surface area contributed by atoms with Crippen LogP contribution in [-0.2, 0) is 6.42 Å². The average molecular weight is 263 g/mol. The number of hydrogen-bond donors (Lipinski definition) is 0. The third-order valence-electron chi connectivity index (χ3n) is 3.12. The van der Waals surface area contributed by atoms with Crippen molar-refractivity contribution in [3.05, 3.63) is 28.1 Å². The Morgan fingerprint density at radius 3 is 2.82 bits per heavy atom. The summed E-state index contributed by atoms with van der Waals surface area (Å²) in [5, 5.41) is 5.03. The zero-order valence-electron chi connectivity index (χ0n) is 9.82. The summed E-state index contributed by atoms with van der Waals surface area (Å²) in [6.07, 6.45) is 3.46. The van der Waals surface area contributed by atoms with E-state index in [4.69, 9.17) is 0 Å². The Morgan fingerprint density at radius 2 is 2.12 bits per heavy atom. The second kappa shape index (κ2) is 3.75. The summed E-state index contributed by atoms with van der Waals surface area (Å²) in [4.78, 5) is 17.6. The van der Waals surface area contributed by atoms with Crippen molar-refractivity contribution in [3.8, 4) is 9.88 Å². The third-order valence-corrected chi connectivity index (χ3v) is 5.06. The van der Waals surface area contributed by atoms with Gasteiger partial charge in [-0.05, 0) is 17.4 Å². The molecule has 2 heterocycles. The highest BCUT2D eigenvalue weighted by Gasteiger charge is 2.33. The summed E-state index contributed by atoms with van der Waals surface area (Å²) >= 11 is 3.30. The molecule has 0 aromatic carbocycles. The fourth-order valence-corrected chi connectivity index (χ4v) is 4.26. The van der Waals surface area contributed by atoms with Gasteiger partial charge in [-0.2, -0.15) is 0 Å². The van der Waals surface area contributed by atoms with Gasteiger partial charge in [0.05, 0.1) is 4.88 Å². The molecule has 1 aliphatic carbocycles. The molecule has 0 unspecified atom stereocenters. The van der Waals surface area contributed by atoms with Crippen LogP contribution in [0.4, 0.5) is 0 Å². The number of fused-ring (bicyclic) bond motifs is 1. The van der Waals surface area contributed by atoms with E-state index in [0.29, 0.717) is 6.42 Å². The molecular formula is C13H13NOS2. The fraction of sp³-hybridized carbons (Fsp3) is 0.385. The molecule has 88 valence electrons. The lowest BCUT2D eigenvalue weighted by atomic mass is 9.74. The summed E-state index contributed by atoms with van der Waals surface area (Å²) in [6, 6.07) is 0. The van der Waals surface area contributed by atoms with Gasteiger partial charge in [0, 0.05) is 28.9 Å². The molecule has 0 saturated carbocycles. The SMILES string of the molecule is CC1(C)CC(=O)c2csc(-c3nccs3)c2C1. The number of hydrogen-bond acceptors (Lipinski definition) is 4. The molecule has 4 heteroatoms. The molecule has 0 bridgehead atoms. The van der Waals surface area contributed by atoms with Gasteiger partial charge < -0.3 is 0 Å². The standard InChI is InChI=1S/C13H13NOS2/c1-13(2)5-8-9(10(15)6-13)7-17-11(8)12-14-3-4-16-12/h3-4,7H,5-6H2,1-2H3. The van der Waals surface area contributed by atoms with Crippen molar-refractivity contribution >= 4 is 28.5 Å². The summed E-state index contributed by atoms with van der Waals surface area (Å²) in [5.74, 6) is 0.287. The number of thiophene rings is 1. The van der Waals surface area contributed by atoms with Crippen LogP contribution in [0.3, 0.4) is 0 Å². The van der Waals surface area contributed by atoms with Crippen LogP contribution in [-0.4, -0.2) is 10.8 Å². The van der Waals surface area contributed by atoms with Crippen molar-refractivity contribution in [2.24, 2.45) is 5.41 Å². The van der Waals surface area contributed by atoms with Gasteiger partial charge in [-0.3, -0.25) is 4.79 Å².